The van der Waals surface area contributed by atoms with Gasteiger partial charge in [0.1, 0.15) is 11.6 Å². The van der Waals surface area contributed by atoms with Crippen molar-refractivity contribution in [1.82, 2.24) is 0 Å². The molecule has 3 heteroatoms. The summed E-state index contributed by atoms with van der Waals surface area (Å²) in [6, 6.07) is 6.72. The van der Waals surface area contributed by atoms with Gasteiger partial charge in [0, 0.05) is 19.2 Å². The number of rotatable bonds is 3. The molecule has 0 spiro atoms. The Kier molecular flexibility index (Phi) is 3.05. The summed E-state index contributed by atoms with van der Waals surface area (Å²) in [7, 11) is 1.52. The molecule has 0 aromatic heterocycles. The summed E-state index contributed by atoms with van der Waals surface area (Å²) in [5.41, 5.74) is 0. The van der Waals surface area contributed by atoms with Crippen LogP contribution in [0.4, 0.5) is 4.39 Å². The lowest BCUT2D eigenvalue weighted by Crippen LogP contribution is -2.13. The Balaban J connectivity index is 2.63. The molecule has 0 aliphatic heterocycles. The van der Waals surface area contributed by atoms with E-state index in [1.165, 1.54) is 19.2 Å². The first-order chi connectivity index (χ1) is 5.72. The maximum absolute atomic E-state index is 12.5. The minimum atomic E-state index is -0.434. The third-order valence-electron chi connectivity index (χ3n) is 1.37. The summed E-state index contributed by atoms with van der Waals surface area (Å²) in [4.78, 5) is 0. The Morgan fingerprint density at radius 2 is 2.33 bits per heavy atom. The van der Waals surface area contributed by atoms with Gasteiger partial charge in [0.05, 0.1) is 0 Å². The fourth-order valence-electron chi connectivity index (χ4n) is 0.731. The molecule has 0 amide bonds. The lowest BCUT2D eigenvalue weighted by molar-refractivity contribution is -0.0384. The Morgan fingerprint density at radius 3 is 2.92 bits per heavy atom. The largest absolute Gasteiger partial charge is 0.465 e. The van der Waals surface area contributed by atoms with E-state index in [1.807, 2.05) is 0 Å². The molecule has 0 N–H and O–H groups in total. The van der Waals surface area contributed by atoms with E-state index in [2.05, 4.69) is 6.07 Å². The van der Waals surface area contributed by atoms with Crippen LogP contribution in [0, 0.1) is 11.9 Å². The number of hydrogen-bond donors (Lipinski definition) is 0. The Hall–Kier alpha value is -1.09. The quantitative estimate of drug-likeness (QED) is 0.644. The SMILES string of the molecule is COC(C)Oc1cc[c]c(F)c1. The summed E-state index contributed by atoms with van der Waals surface area (Å²) in [6.07, 6.45) is -0.369. The van der Waals surface area contributed by atoms with Crippen molar-refractivity contribution in [2.75, 3.05) is 7.11 Å². The molecule has 1 atom stereocenters. The van der Waals surface area contributed by atoms with Gasteiger partial charge in [-0.2, -0.15) is 0 Å². The molecule has 0 saturated carbocycles. The van der Waals surface area contributed by atoms with Crippen LogP contribution in [0.25, 0.3) is 0 Å². The van der Waals surface area contributed by atoms with Crippen LogP contribution < -0.4 is 4.74 Å². The average Bonchev–Trinajstić information content (AvgIpc) is 2.04. The van der Waals surface area contributed by atoms with Gasteiger partial charge in [-0.25, -0.2) is 4.39 Å². The van der Waals surface area contributed by atoms with Crippen molar-refractivity contribution in [3.05, 3.63) is 30.1 Å². The van der Waals surface area contributed by atoms with Gasteiger partial charge in [-0.3, -0.25) is 0 Å². The normalized spacial score (nSPS) is 12.6. The minimum Gasteiger partial charge on any atom is -0.465 e. The zero-order chi connectivity index (χ0) is 8.97. The van der Waals surface area contributed by atoms with Gasteiger partial charge in [-0.15, -0.1) is 0 Å². The Labute approximate surface area is 70.9 Å². The maximum atomic E-state index is 12.5. The standard InChI is InChI=1S/C9H10FO2/c1-7(11-2)12-9-5-3-4-8(10)6-9/h3,5-7H,1-2H3. The molecular formula is C9H10FO2. The molecule has 1 unspecified atom stereocenters. The molecule has 65 valence electrons. The molecule has 1 radical (unpaired) electrons. The van der Waals surface area contributed by atoms with E-state index in [9.17, 15) is 4.39 Å². The fourth-order valence-corrected chi connectivity index (χ4v) is 0.731. The zero-order valence-corrected chi connectivity index (χ0v) is 7.00. The van der Waals surface area contributed by atoms with Gasteiger partial charge >= 0.3 is 0 Å². The van der Waals surface area contributed by atoms with E-state index in [0.29, 0.717) is 5.75 Å². The van der Waals surface area contributed by atoms with Crippen LogP contribution in [0.1, 0.15) is 6.92 Å². The second kappa shape index (κ2) is 4.07. The van der Waals surface area contributed by atoms with E-state index in [0.717, 1.165) is 0 Å². The molecule has 0 saturated heterocycles. The van der Waals surface area contributed by atoms with Gasteiger partial charge < -0.3 is 9.47 Å². The highest BCUT2D eigenvalue weighted by molar-refractivity contribution is 5.21. The third-order valence-corrected chi connectivity index (χ3v) is 1.37. The molecule has 12 heavy (non-hydrogen) atoms. The summed E-state index contributed by atoms with van der Waals surface area (Å²) in [5.74, 6) is 0.0106. The summed E-state index contributed by atoms with van der Waals surface area (Å²) in [5, 5.41) is 0. The minimum absolute atomic E-state index is 0.369. The van der Waals surface area contributed by atoms with Gasteiger partial charge in [-0.05, 0) is 19.1 Å². The first kappa shape index (κ1) is 9.00. The molecule has 0 aliphatic rings. The molecule has 0 heterocycles. The predicted molar refractivity (Wildman–Crippen MR) is 42.3 cm³/mol. The second-order valence-electron chi connectivity index (χ2n) is 2.29. The molecule has 0 fully saturated rings. The highest BCUT2D eigenvalue weighted by Gasteiger charge is 2.01. The second-order valence-corrected chi connectivity index (χ2v) is 2.29. The highest BCUT2D eigenvalue weighted by Crippen LogP contribution is 2.13. The van der Waals surface area contributed by atoms with E-state index >= 15 is 0 Å². The molecule has 2 nitrogen and oxygen atoms in total. The number of methoxy groups -OCH3 is 1. The van der Waals surface area contributed by atoms with Gasteiger partial charge in [-0.1, -0.05) is 0 Å². The average molecular weight is 169 g/mol. The summed E-state index contributed by atoms with van der Waals surface area (Å²) < 4.78 is 22.5. The van der Waals surface area contributed by atoms with Gasteiger partial charge in [0.25, 0.3) is 0 Å². The molecule has 1 aromatic carbocycles. The first-order valence-corrected chi connectivity index (χ1v) is 3.59. The Morgan fingerprint density at radius 1 is 1.58 bits per heavy atom. The highest BCUT2D eigenvalue weighted by atomic mass is 19.1. The first-order valence-electron chi connectivity index (χ1n) is 3.59. The van der Waals surface area contributed by atoms with Crippen molar-refractivity contribution in [3.63, 3.8) is 0 Å². The zero-order valence-electron chi connectivity index (χ0n) is 7.00. The monoisotopic (exact) mass is 169 g/mol. The van der Waals surface area contributed by atoms with Crippen LogP contribution in [0.5, 0.6) is 5.75 Å². The van der Waals surface area contributed by atoms with Gasteiger partial charge in [0.15, 0.2) is 6.29 Å². The number of halogens is 1. The van der Waals surface area contributed by atoms with Crippen LogP contribution >= 0.6 is 0 Å². The molecule has 0 aliphatic carbocycles. The smallest absolute Gasteiger partial charge is 0.196 e. The van der Waals surface area contributed by atoms with E-state index < -0.39 is 5.82 Å². The van der Waals surface area contributed by atoms with Crippen molar-refractivity contribution in [1.29, 1.82) is 0 Å². The van der Waals surface area contributed by atoms with Crippen molar-refractivity contribution >= 4 is 0 Å². The van der Waals surface area contributed by atoms with Crippen LogP contribution in [-0.4, -0.2) is 13.4 Å². The number of ether oxygens (including phenoxy) is 2. The van der Waals surface area contributed by atoms with Crippen molar-refractivity contribution < 1.29 is 13.9 Å². The van der Waals surface area contributed by atoms with Gasteiger partial charge in [0.2, 0.25) is 0 Å². The van der Waals surface area contributed by atoms with Crippen LogP contribution in [0.3, 0.4) is 0 Å². The fraction of sp³-hybridized carbons (Fsp3) is 0.333. The predicted octanol–water partition coefficient (Wildman–Crippen LogP) is 2.00. The van der Waals surface area contributed by atoms with Crippen molar-refractivity contribution in [2.24, 2.45) is 0 Å². The van der Waals surface area contributed by atoms with E-state index in [4.69, 9.17) is 9.47 Å². The summed E-state index contributed by atoms with van der Waals surface area (Å²) >= 11 is 0. The molecular weight excluding hydrogens is 159 g/mol. The number of hydrogen-bond acceptors (Lipinski definition) is 2. The van der Waals surface area contributed by atoms with E-state index in [1.54, 1.807) is 13.0 Å². The lowest BCUT2D eigenvalue weighted by atomic mass is 10.3. The van der Waals surface area contributed by atoms with E-state index in [-0.39, 0.29) is 6.29 Å². The van der Waals surface area contributed by atoms with Crippen LogP contribution in [0.2, 0.25) is 0 Å². The molecule has 1 aromatic rings. The maximum Gasteiger partial charge on any atom is 0.196 e. The van der Waals surface area contributed by atoms with Crippen LogP contribution in [0.15, 0.2) is 18.2 Å². The molecule has 0 bridgehead atoms. The lowest BCUT2D eigenvalue weighted by Gasteiger charge is -2.11. The molecule has 1 rings (SSSR count). The Bertz CT molecular complexity index is 250. The topological polar surface area (TPSA) is 18.5 Å². The number of benzene rings is 1. The summed E-state index contributed by atoms with van der Waals surface area (Å²) in [6.45, 7) is 1.73. The van der Waals surface area contributed by atoms with Crippen molar-refractivity contribution in [2.45, 2.75) is 13.2 Å². The van der Waals surface area contributed by atoms with Crippen molar-refractivity contribution in [3.8, 4) is 5.75 Å². The third kappa shape index (κ3) is 2.51. The van der Waals surface area contributed by atoms with Crippen LogP contribution in [-0.2, 0) is 4.74 Å².